The number of fused-ring (bicyclic) bond motifs is 4. The summed E-state index contributed by atoms with van der Waals surface area (Å²) < 4.78 is 5.29. The molecule has 19 aromatic rings. The molecule has 6 heteroatoms. The van der Waals surface area contributed by atoms with Gasteiger partial charge >= 0.3 is 0 Å². The summed E-state index contributed by atoms with van der Waals surface area (Å²) in [4.78, 5) is 9.86. The first-order valence-electron chi connectivity index (χ1n) is 35.1. The Morgan fingerprint density at radius 2 is 0.298 bits per heavy atom. The summed E-state index contributed by atoms with van der Waals surface area (Å²) in [6, 6.07) is 145. The van der Waals surface area contributed by atoms with E-state index < -0.39 is 0 Å². The largest absolute Gasteiger partial charge is 0.311 e. The van der Waals surface area contributed by atoms with Crippen LogP contribution in [0.3, 0.4) is 0 Å². The van der Waals surface area contributed by atoms with Gasteiger partial charge in [-0.1, -0.05) is 279 Å². The van der Waals surface area contributed by atoms with Crippen molar-refractivity contribution in [3.8, 4) is 97.4 Å². The molecule has 492 valence electrons. The van der Waals surface area contributed by atoms with Crippen molar-refractivity contribution >= 4 is 120 Å². The number of rotatable bonds is 15. The van der Waals surface area contributed by atoms with E-state index in [0.29, 0.717) is 0 Å². The minimum Gasteiger partial charge on any atom is -0.311 e. The van der Waals surface area contributed by atoms with Crippen LogP contribution >= 0.6 is 45.3 Å². The Morgan fingerprint density at radius 1 is 0.135 bits per heavy atom. The number of hydrogen-bond acceptors (Lipinski definition) is 6. The van der Waals surface area contributed by atoms with E-state index in [2.05, 4.69) is 410 Å². The summed E-state index contributed by atoms with van der Waals surface area (Å²) in [6.07, 6.45) is 0. The van der Waals surface area contributed by atoms with E-state index in [1.54, 1.807) is 0 Å². The van der Waals surface area contributed by atoms with Gasteiger partial charge in [-0.3, -0.25) is 0 Å². The third-order valence-electron chi connectivity index (χ3n) is 19.5. The topological polar surface area (TPSA) is 6.48 Å². The molecule has 0 aliphatic carbocycles. The molecule has 0 aliphatic heterocycles. The van der Waals surface area contributed by atoms with Gasteiger partial charge in [-0.15, -0.1) is 45.3 Å². The Bertz CT molecular complexity index is 5840. The molecule has 0 N–H and O–H groups in total. The second-order valence-electron chi connectivity index (χ2n) is 26.0. The lowest BCUT2D eigenvalue weighted by atomic mass is 10.00. The number of para-hydroxylation sites is 1. The van der Waals surface area contributed by atoms with Crippen LogP contribution in [-0.4, -0.2) is 0 Å². The second-order valence-corrected chi connectivity index (χ2v) is 30.3. The Morgan fingerprint density at radius 3 is 0.529 bits per heavy atom. The fourth-order valence-corrected chi connectivity index (χ4v) is 18.2. The van der Waals surface area contributed by atoms with Crippen LogP contribution in [0.5, 0.6) is 0 Å². The molecular formula is C98H66N2S4. The highest BCUT2D eigenvalue weighted by Crippen LogP contribution is 2.44. The van der Waals surface area contributed by atoms with Gasteiger partial charge in [0.25, 0.3) is 0 Å². The number of hydrogen-bond donors (Lipinski definition) is 0. The van der Waals surface area contributed by atoms with Gasteiger partial charge in [0.2, 0.25) is 0 Å². The maximum Gasteiger partial charge on any atom is 0.0462 e. The van der Waals surface area contributed by atoms with E-state index in [-0.39, 0.29) is 0 Å². The van der Waals surface area contributed by atoms with Crippen LogP contribution in [0.15, 0.2) is 400 Å². The first-order valence-corrected chi connectivity index (χ1v) is 38.3. The lowest BCUT2D eigenvalue weighted by Gasteiger charge is -2.26. The zero-order valence-electron chi connectivity index (χ0n) is 56.6. The van der Waals surface area contributed by atoms with Gasteiger partial charge in [-0.25, -0.2) is 0 Å². The van der Waals surface area contributed by atoms with Gasteiger partial charge < -0.3 is 9.80 Å². The average Bonchev–Trinajstić information content (AvgIpc) is 1.15. The van der Waals surface area contributed by atoms with Gasteiger partial charge in [0, 0.05) is 72.4 Å². The van der Waals surface area contributed by atoms with Crippen LogP contribution in [0.1, 0.15) is 0 Å². The number of thiophene rings is 4. The standard InChI is InChI=1S/C52H35NS2.C46H31NS2/c1-2-8-36(9-3-1)37-14-16-38(17-15-37)40-22-28-46(29-23-40)53(48-32-26-43(27-33-48)52-35-45-11-5-7-13-50(45)55-52)47-30-24-41(25-31-47)39-18-20-42(21-19-39)51-34-44-10-4-6-12-49(44)54-51;1-2-10-40(11-3-1)47(41-26-22-34(23-27-41)32-14-18-36(19-15-32)45-30-38-8-4-6-12-43(38)48-45)42-28-24-35(25-29-42)33-16-20-37(21-17-33)46-31-39-9-5-7-13-44(39)49-46/h1-35H;1-31H. The van der Waals surface area contributed by atoms with Crippen LogP contribution in [0.25, 0.3) is 138 Å². The summed E-state index contributed by atoms with van der Waals surface area (Å²) in [6.45, 7) is 0. The molecule has 2 nitrogen and oxygen atoms in total. The summed E-state index contributed by atoms with van der Waals surface area (Å²) in [5, 5.41) is 5.20. The predicted octanol–water partition coefficient (Wildman–Crippen LogP) is 30.2. The second kappa shape index (κ2) is 28.6. The van der Waals surface area contributed by atoms with Gasteiger partial charge in [0.1, 0.15) is 0 Å². The molecule has 0 amide bonds. The van der Waals surface area contributed by atoms with E-state index in [1.807, 2.05) is 45.3 Å². The Hall–Kier alpha value is -12.3. The lowest BCUT2D eigenvalue weighted by Crippen LogP contribution is -2.09. The van der Waals surface area contributed by atoms with Crippen molar-refractivity contribution in [2.45, 2.75) is 0 Å². The number of nitrogens with zero attached hydrogens (tertiary/aromatic N) is 2. The highest BCUT2D eigenvalue weighted by atomic mass is 32.1. The third kappa shape index (κ3) is 13.4. The number of benzene rings is 15. The van der Waals surface area contributed by atoms with Crippen LogP contribution in [0.2, 0.25) is 0 Å². The van der Waals surface area contributed by atoms with E-state index in [9.17, 15) is 0 Å². The monoisotopic (exact) mass is 1400 g/mol. The molecule has 4 aromatic heterocycles. The molecule has 4 heterocycles. The zero-order chi connectivity index (χ0) is 69.1. The Kier molecular flexibility index (Phi) is 17.6. The molecule has 104 heavy (non-hydrogen) atoms. The van der Waals surface area contributed by atoms with Crippen molar-refractivity contribution < 1.29 is 0 Å². The quantitative estimate of drug-likeness (QED) is 0.101. The predicted molar refractivity (Wildman–Crippen MR) is 453 cm³/mol. The van der Waals surface area contributed by atoms with Gasteiger partial charge in [0.05, 0.1) is 0 Å². The van der Waals surface area contributed by atoms with E-state index in [4.69, 9.17) is 0 Å². The molecule has 0 radical (unpaired) electrons. The highest BCUT2D eigenvalue weighted by Gasteiger charge is 2.18. The van der Waals surface area contributed by atoms with Crippen molar-refractivity contribution in [3.05, 3.63) is 400 Å². The summed E-state index contributed by atoms with van der Waals surface area (Å²) in [5.41, 5.74) is 23.8. The molecule has 0 fully saturated rings. The first kappa shape index (κ1) is 63.9. The summed E-state index contributed by atoms with van der Waals surface area (Å²) in [7, 11) is 0. The van der Waals surface area contributed by atoms with Gasteiger partial charge in [-0.05, 0) is 221 Å². The third-order valence-corrected chi connectivity index (χ3v) is 24.1. The van der Waals surface area contributed by atoms with E-state index in [0.717, 1.165) is 34.1 Å². The SMILES string of the molecule is c1ccc(-c2ccc(-c3ccc(N(c4ccc(-c5ccc(-c6cc7ccccc7s6)cc5)cc4)c4ccc(-c5cc6ccccc6s5)cc4)cc3)cc2)cc1.c1ccc(N(c2ccc(-c3ccc(-c4cc5ccccc5s4)cc3)cc2)c2ccc(-c3ccc(-c4cc5ccccc5s4)cc3)cc2)cc1. The molecule has 0 bridgehead atoms. The normalized spacial score (nSPS) is 11.3. The van der Waals surface area contributed by atoms with E-state index >= 15 is 0 Å². The minimum atomic E-state index is 1.11. The molecule has 0 unspecified atom stereocenters. The smallest absolute Gasteiger partial charge is 0.0462 e. The van der Waals surface area contributed by atoms with Crippen molar-refractivity contribution in [1.29, 1.82) is 0 Å². The minimum absolute atomic E-state index is 1.11. The van der Waals surface area contributed by atoms with Crippen molar-refractivity contribution in [2.24, 2.45) is 0 Å². The van der Waals surface area contributed by atoms with Gasteiger partial charge in [-0.2, -0.15) is 0 Å². The molecule has 0 saturated heterocycles. The Labute approximate surface area is 622 Å². The fraction of sp³-hybridized carbons (Fsp3) is 0. The lowest BCUT2D eigenvalue weighted by molar-refractivity contribution is 1.28. The molecule has 0 aliphatic rings. The van der Waals surface area contributed by atoms with Gasteiger partial charge in [0.15, 0.2) is 0 Å². The van der Waals surface area contributed by atoms with Crippen LogP contribution in [-0.2, 0) is 0 Å². The zero-order valence-corrected chi connectivity index (χ0v) is 59.9. The highest BCUT2D eigenvalue weighted by molar-refractivity contribution is 7.23. The number of anilines is 6. The van der Waals surface area contributed by atoms with Crippen molar-refractivity contribution in [2.75, 3.05) is 9.80 Å². The van der Waals surface area contributed by atoms with Crippen LogP contribution < -0.4 is 9.80 Å². The average molecular weight is 1400 g/mol. The maximum atomic E-state index is 2.35. The van der Waals surface area contributed by atoms with Crippen LogP contribution in [0.4, 0.5) is 34.1 Å². The molecule has 0 spiro atoms. The van der Waals surface area contributed by atoms with Crippen molar-refractivity contribution in [1.82, 2.24) is 0 Å². The van der Waals surface area contributed by atoms with Crippen LogP contribution in [0, 0.1) is 0 Å². The molecule has 19 rings (SSSR count). The Balaban J connectivity index is 0.000000149. The summed E-state index contributed by atoms with van der Waals surface area (Å²) in [5.74, 6) is 0. The molecule has 0 atom stereocenters. The molecule has 15 aromatic carbocycles. The van der Waals surface area contributed by atoms with E-state index in [1.165, 1.54) is 138 Å². The summed E-state index contributed by atoms with van der Waals surface area (Å²) >= 11 is 7.39. The molecule has 0 saturated carbocycles. The molecular weight excluding hydrogens is 1330 g/mol. The fourth-order valence-electron chi connectivity index (χ4n) is 13.9. The van der Waals surface area contributed by atoms with Crippen molar-refractivity contribution in [3.63, 3.8) is 0 Å². The first-order chi connectivity index (χ1) is 51.5. The maximum absolute atomic E-state index is 2.35.